The number of hydrogen-bond acceptors (Lipinski definition) is 3. The molecule has 2 atom stereocenters. The van der Waals surface area contributed by atoms with Crippen LogP contribution in [0.15, 0.2) is 0 Å². The van der Waals surface area contributed by atoms with Gasteiger partial charge in [0, 0.05) is 12.6 Å². The molecule has 0 spiro atoms. The Morgan fingerprint density at radius 3 is 2.35 bits per heavy atom. The number of piperidine rings is 1. The topological polar surface area (TPSA) is 49.4 Å². The molecule has 1 N–H and O–H groups in total. The van der Waals surface area contributed by atoms with E-state index in [1.807, 2.05) is 13.8 Å². The van der Waals surface area contributed by atoms with Crippen molar-refractivity contribution in [2.75, 3.05) is 13.1 Å². The molecule has 0 aromatic carbocycles. The summed E-state index contributed by atoms with van der Waals surface area (Å²) in [6, 6.07) is 0.701. The van der Waals surface area contributed by atoms with E-state index in [0.717, 1.165) is 13.0 Å². The maximum Gasteiger partial charge on any atom is 0.233 e. The molecule has 0 bridgehead atoms. The molecule has 2 unspecified atom stereocenters. The molecule has 17 heavy (non-hydrogen) atoms. The molecule has 0 aromatic rings. The smallest absolute Gasteiger partial charge is 0.233 e. The molecule has 0 radical (unpaired) electrons. The number of carbonyl (C=O) groups is 2. The van der Waals surface area contributed by atoms with Crippen LogP contribution in [0.2, 0.25) is 0 Å². The van der Waals surface area contributed by atoms with Crippen molar-refractivity contribution in [2.45, 2.75) is 39.2 Å². The predicted octanol–water partition coefficient (Wildman–Crippen LogP) is 0.769. The zero-order valence-corrected chi connectivity index (χ0v) is 10.5. The minimum Gasteiger partial charge on any atom is -0.314 e. The van der Waals surface area contributed by atoms with Crippen molar-refractivity contribution in [3.05, 3.63) is 0 Å². The number of rotatable bonds is 5. The van der Waals surface area contributed by atoms with Crippen LogP contribution < -0.4 is 5.32 Å². The largest absolute Gasteiger partial charge is 0.314 e. The summed E-state index contributed by atoms with van der Waals surface area (Å²) in [6.45, 7) is 5.55. The molecule has 4 nitrogen and oxygen atoms in total. The van der Waals surface area contributed by atoms with Crippen LogP contribution in [-0.2, 0) is 9.59 Å². The second kappa shape index (κ2) is 3.55. The molecule has 2 aliphatic carbocycles. The zero-order valence-electron chi connectivity index (χ0n) is 10.5. The highest BCUT2D eigenvalue weighted by Gasteiger charge is 2.72. The van der Waals surface area contributed by atoms with Gasteiger partial charge in [-0.3, -0.25) is 14.5 Å². The number of imide groups is 1. The van der Waals surface area contributed by atoms with Gasteiger partial charge in [0.05, 0.1) is 11.8 Å². The summed E-state index contributed by atoms with van der Waals surface area (Å²) >= 11 is 0. The quantitative estimate of drug-likeness (QED) is 0.566. The number of hydrogen-bond donors (Lipinski definition) is 1. The predicted molar refractivity (Wildman–Crippen MR) is 63.1 cm³/mol. The van der Waals surface area contributed by atoms with Gasteiger partial charge in [-0.15, -0.1) is 0 Å². The molecular formula is C13H20N2O2. The lowest BCUT2D eigenvalue weighted by Gasteiger charge is -2.20. The van der Waals surface area contributed by atoms with Crippen molar-refractivity contribution in [1.82, 2.24) is 10.2 Å². The lowest BCUT2D eigenvalue weighted by Crippen LogP contribution is -2.38. The van der Waals surface area contributed by atoms with Gasteiger partial charge in [-0.05, 0) is 31.2 Å². The Hall–Kier alpha value is -0.900. The first-order valence-corrected chi connectivity index (χ1v) is 6.62. The van der Waals surface area contributed by atoms with Crippen LogP contribution in [0.1, 0.15) is 33.1 Å². The first-order chi connectivity index (χ1) is 8.03. The number of amides is 2. The molecule has 94 valence electrons. The fourth-order valence-corrected chi connectivity index (χ4v) is 3.06. The molecule has 3 aliphatic rings. The van der Waals surface area contributed by atoms with E-state index in [2.05, 4.69) is 5.32 Å². The molecule has 1 aliphatic heterocycles. The summed E-state index contributed by atoms with van der Waals surface area (Å²) in [7, 11) is 0. The maximum absolute atomic E-state index is 12.0. The molecule has 2 saturated carbocycles. The van der Waals surface area contributed by atoms with Crippen molar-refractivity contribution in [3.63, 3.8) is 0 Å². The first-order valence-electron chi connectivity index (χ1n) is 6.62. The molecule has 1 saturated heterocycles. The monoisotopic (exact) mass is 236 g/mol. The molecule has 3 fully saturated rings. The third-order valence-corrected chi connectivity index (χ3v) is 4.46. The van der Waals surface area contributed by atoms with Gasteiger partial charge in [0.25, 0.3) is 0 Å². The van der Waals surface area contributed by atoms with E-state index in [-0.39, 0.29) is 29.1 Å². The highest BCUT2D eigenvalue weighted by molar-refractivity contribution is 6.10. The van der Waals surface area contributed by atoms with Crippen LogP contribution in [0.5, 0.6) is 0 Å². The summed E-state index contributed by atoms with van der Waals surface area (Å²) in [5.41, 5.74) is -0.0725. The van der Waals surface area contributed by atoms with Gasteiger partial charge >= 0.3 is 0 Å². The van der Waals surface area contributed by atoms with Gasteiger partial charge in [0.15, 0.2) is 0 Å². The Morgan fingerprint density at radius 1 is 1.24 bits per heavy atom. The highest BCUT2D eigenvalue weighted by atomic mass is 16.2. The van der Waals surface area contributed by atoms with Crippen LogP contribution in [0.4, 0.5) is 0 Å². The van der Waals surface area contributed by atoms with Crippen LogP contribution >= 0.6 is 0 Å². The van der Waals surface area contributed by atoms with E-state index in [4.69, 9.17) is 0 Å². The van der Waals surface area contributed by atoms with Crippen molar-refractivity contribution in [3.8, 4) is 0 Å². The number of fused-ring (bicyclic) bond motifs is 1. The van der Waals surface area contributed by atoms with E-state index in [1.54, 1.807) is 0 Å². The number of nitrogens with zero attached hydrogens (tertiary/aromatic N) is 1. The standard InChI is InChI=1S/C13H20N2O2/c1-13(2)9-10(13)12(17)15(11(9)16)7-3-6-14-8-4-5-8/h8-10,14H,3-7H2,1-2H3. The summed E-state index contributed by atoms with van der Waals surface area (Å²) in [4.78, 5) is 25.5. The zero-order chi connectivity index (χ0) is 12.2. The number of carbonyl (C=O) groups excluding carboxylic acids is 2. The van der Waals surface area contributed by atoms with E-state index in [1.165, 1.54) is 17.7 Å². The van der Waals surface area contributed by atoms with Crippen molar-refractivity contribution < 1.29 is 9.59 Å². The van der Waals surface area contributed by atoms with Crippen LogP contribution in [0.25, 0.3) is 0 Å². The molecule has 2 amide bonds. The van der Waals surface area contributed by atoms with Gasteiger partial charge in [-0.25, -0.2) is 0 Å². The van der Waals surface area contributed by atoms with E-state index in [0.29, 0.717) is 12.6 Å². The van der Waals surface area contributed by atoms with Crippen molar-refractivity contribution in [1.29, 1.82) is 0 Å². The van der Waals surface area contributed by atoms with Crippen molar-refractivity contribution in [2.24, 2.45) is 17.3 Å². The molecule has 1 heterocycles. The van der Waals surface area contributed by atoms with E-state index >= 15 is 0 Å². The van der Waals surface area contributed by atoms with Crippen LogP contribution in [-0.4, -0.2) is 35.8 Å². The van der Waals surface area contributed by atoms with Gasteiger partial charge in [-0.2, -0.15) is 0 Å². The van der Waals surface area contributed by atoms with Gasteiger partial charge in [0.2, 0.25) is 11.8 Å². The van der Waals surface area contributed by atoms with Gasteiger partial charge in [-0.1, -0.05) is 13.8 Å². The third-order valence-electron chi connectivity index (χ3n) is 4.46. The summed E-state index contributed by atoms with van der Waals surface area (Å²) in [6.07, 6.45) is 3.44. The fraction of sp³-hybridized carbons (Fsp3) is 0.846. The normalized spacial score (nSPS) is 34.1. The summed E-state index contributed by atoms with van der Waals surface area (Å²) in [5.74, 6) is 0.0885. The Kier molecular flexibility index (Phi) is 2.34. The van der Waals surface area contributed by atoms with Crippen molar-refractivity contribution >= 4 is 11.8 Å². The SMILES string of the molecule is CC1(C)C2C(=O)N(CCCNC3CC3)C(=O)C21. The fourth-order valence-electron chi connectivity index (χ4n) is 3.06. The average molecular weight is 236 g/mol. The van der Waals surface area contributed by atoms with Gasteiger partial charge < -0.3 is 5.32 Å². The maximum atomic E-state index is 12.0. The first kappa shape index (κ1) is 11.2. The van der Waals surface area contributed by atoms with E-state index < -0.39 is 0 Å². The van der Waals surface area contributed by atoms with E-state index in [9.17, 15) is 9.59 Å². The molecule has 3 rings (SSSR count). The second-order valence-corrected chi connectivity index (χ2v) is 6.19. The van der Waals surface area contributed by atoms with Crippen LogP contribution in [0, 0.1) is 17.3 Å². The minimum atomic E-state index is -0.0725. The highest BCUT2D eigenvalue weighted by Crippen LogP contribution is 2.63. The lowest BCUT2D eigenvalue weighted by molar-refractivity contribution is -0.143. The second-order valence-electron chi connectivity index (χ2n) is 6.19. The third kappa shape index (κ3) is 1.69. The number of likely N-dealkylation sites (tertiary alicyclic amines) is 1. The Labute approximate surface area is 102 Å². The Morgan fingerprint density at radius 2 is 1.82 bits per heavy atom. The number of nitrogens with one attached hydrogen (secondary N) is 1. The lowest BCUT2D eigenvalue weighted by atomic mass is 10.1. The average Bonchev–Trinajstić information content (AvgIpc) is 3.12. The summed E-state index contributed by atoms with van der Waals surface area (Å²) < 4.78 is 0. The summed E-state index contributed by atoms with van der Waals surface area (Å²) in [5, 5.41) is 3.40. The van der Waals surface area contributed by atoms with Crippen LogP contribution in [0.3, 0.4) is 0 Å². The Balaban J connectivity index is 1.48. The molecule has 0 aromatic heterocycles. The van der Waals surface area contributed by atoms with Gasteiger partial charge in [0.1, 0.15) is 0 Å². The Bertz CT molecular complexity index is 350. The molecular weight excluding hydrogens is 216 g/mol. The minimum absolute atomic E-state index is 0.0219. The molecule has 4 heteroatoms.